The molecule has 1 unspecified atom stereocenters. The number of carboxylic acid groups (broad SMARTS) is 1. The molecule has 1 fully saturated rings. The fourth-order valence-corrected chi connectivity index (χ4v) is 2.85. The van der Waals surface area contributed by atoms with E-state index in [-0.39, 0.29) is 30.9 Å². The first kappa shape index (κ1) is 18.9. The van der Waals surface area contributed by atoms with Gasteiger partial charge in [-0.2, -0.15) is 18.3 Å². The van der Waals surface area contributed by atoms with Crippen molar-refractivity contribution in [3.05, 3.63) is 47.3 Å². The average Bonchev–Trinajstić information content (AvgIpc) is 3.02. The van der Waals surface area contributed by atoms with E-state index in [0.29, 0.717) is 5.69 Å². The molecule has 2 aromatic rings. The maximum Gasteiger partial charge on any atom is 0.416 e. The van der Waals surface area contributed by atoms with Crippen LogP contribution < -0.4 is 0 Å². The van der Waals surface area contributed by atoms with Gasteiger partial charge < -0.3 is 14.7 Å². The molecule has 0 saturated carbocycles. The van der Waals surface area contributed by atoms with E-state index >= 15 is 0 Å². The maximum atomic E-state index is 12.9. The molecule has 144 valence electrons. The topological polar surface area (TPSA) is 84.7 Å². The van der Waals surface area contributed by atoms with Gasteiger partial charge in [-0.25, -0.2) is 9.48 Å². The monoisotopic (exact) mass is 383 g/mol. The zero-order valence-electron chi connectivity index (χ0n) is 14.2. The number of carbonyl (C=O) groups is 2. The van der Waals surface area contributed by atoms with Crippen molar-refractivity contribution in [1.29, 1.82) is 0 Å². The van der Waals surface area contributed by atoms with Crippen LogP contribution in [0.25, 0.3) is 5.69 Å². The van der Waals surface area contributed by atoms with Crippen LogP contribution >= 0.6 is 0 Å². The number of hydrogen-bond donors (Lipinski definition) is 1. The summed E-state index contributed by atoms with van der Waals surface area (Å²) in [4.78, 5) is 25.1. The van der Waals surface area contributed by atoms with Crippen molar-refractivity contribution in [2.45, 2.75) is 19.2 Å². The molecule has 1 N–H and O–H groups in total. The Morgan fingerprint density at radius 3 is 2.74 bits per heavy atom. The number of carbonyl (C=O) groups excluding carboxylic acids is 1. The van der Waals surface area contributed by atoms with Gasteiger partial charge in [0.2, 0.25) is 0 Å². The second-order valence-corrected chi connectivity index (χ2v) is 6.05. The lowest BCUT2D eigenvalue weighted by Gasteiger charge is -2.30. The normalized spacial score (nSPS) is 17.8. The molecule has 10 heteroatoms. The number of rotatable bonds is 3. The van der Waals surface area contributed by atoms with Crippen molar-refractivity contribution in [2.24, 2.45) is 0 Å². The Kier molecular flexibility index (Phi) is 4.92. The van der Waals surface area contributed by atoms with Crippen LogP contribution in [0.15, 0.2) is 30.5 Å². The van der Waals surface area contributed by atoms with Gasteiger partial charge in [0.15, 0.2) is 6.10 Å². The molecule has 0 radical (unpaired) electrons. The highest BCUT2D eigenvalue weighted by molar-refractivity contribution is 5.95. The smallest absolute Gasteiger partial charge is 0.416 e. The Labute approximate surface area is 151 Å². The number of ether oxygens (including phenoxy) is 1. The Hall–Kier alpha value is -2.88. The standard InChI is InChI=1S/C17H16F3N3O4/c1-10-13(15(24)22-5-6-27-14(9-22)16(25)26)8-21-23(10)12-4-2-3-11(7-12)17(18,19)20/h2-4,7-8,14H,5-6,9H2,1H3,(H,25,26). The van der Waals surface area contributed by atoms with E-state index in [0.717, 1.165) is 12.1 Å². The molecule has 2 heterocycles. The Morgan fingerprint density at radius 1 is 1.33 bits per heavy atom. The van der Waals surface area contributed by atoms with Crippen molar-refractivity contribution in [3.8, 4) is 5.69 Å². The molecular weight excluding hydrogens is 367 g/mol. The Morgan fingerprint density at radius 2 is 2.07 bits per heavy atom. The summed E-state index contributed by atoms with van der Waals surface area (Å²) in [5, 5.41) is 13.1. The Bertz CT molecular complexity index is 879. The fourth-order valence-electron chi connectivity index (χ4n) is 2.85. The number of aliphatic carboxylic acids is 1. The third-order valence-corrected chi connectivity index (χ3v) is 4.29. The SMILES string of the molecule is Cc1c(C(=O)N2CCOC(C(=O)O)C2)cnn1-c1cccc(C(F)(F)F)c1. The molecule has 7 nitrogen and oxygen atoms in total. The van der Waals surface area contributed by atoms with Gasteiger partial charge in [-0.05, 0) is 25.1 Å². The van der Waals surface area contributed by atoms with Crippen molar-refractivity contribution in [3.63, 3.8) is 0 Å². The lowest BCUT2D eigenvalue weighted by Crippen LogP contribution is -2.48. The van der Waals surface area contributed by atoms with E-state index in [1.54, 1.807) is 6.92 Å². The zero-order valence-corrected chi connectivity index (χ0v) is 14.2. The second-order valence-electron chi connectivity index (χ2n) is 6.05. The summed E-state index contributed by atoms with van der Waals surface area (Å²) in [5.41, 5.74) is -0.0943. The van der Waals surface area contributed by atoms with Gasteiger partial charge in [-0.3, -0.25) is 4.79 Å². The van der Waals surface area contributed by atoms with Crippen LogP contribution in [0.4, 0.5) is 13.2 Å². The number of halogens is 3. The first-order chi connectivity index (χ1) is 12.7. The predicted octanol–water partition coefficient (Wildman–Crippen LogP) is 2.13. The summed E-state index contributed by atoms with van der Waals surface area (Å²) in [6.45, 7) is 1.76. The molecular formula is C17H16F3N3O4. The van der Waals surface area contributed by atoms with E-state index in [1.165, 1.54) is 27.9 Å². The number of amides is 1. The molecule has 3 rings (SSSR count). The first-order valence-corrected chi connectivity index (χ1v) is 8.04. The van der Waals surface area contributed by atoms with Gasteiger partial charge in [-0.1, -0.05) is 6.07 Å². The number of benzene rings is 1. The molecule has 0 aliphatic carbocycles. The number of nitrogens with zero attached hydrogens (tertiary/aromatic N) is 3. The summed E-state index contributed by atoms with van der Waals surface area (Å²) in [7, 11) is 0. The highest BCUT2D eigenvalue weighted by Gasteiger charge is 2.32. The highest BCUT2D eigenvalue weighted by atomic mass is 19.4. The van der Waals surface area contributed by atoms with E-state index in [4.69, 9.17) is 9.84 Å². The third kappa shape index (κ3) is 3.80. The largest absolute Gasteiger partial charge is 0.479 e. The third-order valence-electron chi connectivity index (χ3n) is 4.29. The van der Waals surface area contributed by atoms with E-state index in [1.807, 2.05) is 0 Å². The molecule has 0 bridgehead atoms. The van der Waals surface area contributed by atoms with Crippen LogP contribution in [0.1, 0.15) is 21.6 Å². The van der Waals surface area contributed by atoms with Crippen LogP contribution in [0, 0.1) is 6.92 Å². The molecule has 1 saturated heterocycles. The van der Waals surface area contributed by atoms with Crippen molar-refractivity contribution in [2.75, 3.05) is 19.7 Å². The van der Waals surface area contributed by atoms with Crippen LogP contribution in [-0.4, -0.2) is 57.5 Å². The van der Waals surface area contributed by atoms with Gasteiger partial charge >= 0.3 is 12.1 Å². The summed E-state index contributed by atoms with van der Waals surface area (Å²) in [6.07, 6.45) is -4.33. The summed E-state index contributed by atoms with van der Waals surface area (Å²) in [6, 6.07) is 4.62. The molecule has 1 aliphatic heterocycles. The average molecular weight is 383 g/mol. The van der Waals surface area contributed by atoms with Crippen molar-refractivity contribution < 1.29 is 32.6 Å². The minimum atomic E-state index is -4.49. The maximum absolute atomic E-state index is 12.9. The van der Waals surface area contributed by atoms with Crippen molar-refractivity contribution in [1.82, 2.24) is 14.7 Å². The molecule has 1 atom stereocenters. The van der Waals surface area contributed by atoms with Crippen LogP contribution in [0.5, 0.6) is 0 Å². The van der Waals surface area contributed by atoms with Gasteiger partial charge in [0.1, 0.15) is 0 Å². The number of alkyl halides is 3. The highest BCUT2D eigenvalue weighted by Crippen LogP contribution is 2.30. The van der Waals surface area contributed by atoms with Gasteiger partial charge in [0.05, 0.1) is 41.9 Å². The lowest BCUT2D eigenvalue weighted by atomic mass is 10.1. The lowest BCUT2D eigenvalue weighted by molar-refractivity contribution is -0.154. The van der Waals surface area contributed by atoms with Crippen LogP contribution in [-0.2, 0) is 15.7 Å². The molecule has 1 amide bonds. The zero-order chi connectivity index (χ0) is 19.8. The summed E-state index contributed by atoms with van der Waals surface area (Å²) >= 11 is 0. The minimum absolute atomic E-state index is 0.0868. The molecule has 1 aromatic carbocycles. The number of carboxylic acids is 1. The van der Waals surface area contributed by atoms with E-state index in [2.05, 4.69) is 5.10 Å². The number of hydrogen-bond acceptors (Lipinski definition) is 4. The van der Waals surface area contributed by atoms with Crippen LogP contribution in [0.3, 0.4) is 0 Å². The molecule has 1 aromatic heterocycles. The number of aromatic nitrogens is 2. The summed E-state index contributed by atoms with van der Waals surface area (Å²) < 4.78 is 45.1. The molecule has 27 heavy (non-hydrogen) atoms. The van der Waals surface area contributed by atoms with E-state index in [9.17, 15) is 22.8 Å². The second kappa shape index (κ2) is 7.03. The predicted molar refractivity (Wildman–Crippen MR) is 86.6 cm³/mol. The first-order valence-electron chi connectivity index (χ1n) is 8.04. The van der Waals surface area contributed by atoms with Gasteiger partial charge in [0.25, 0.3) is 5.91 Å². The van der Waals surface area contributed by atoms with Crippen LogP contribution in [0.2, 0.25) is 0 Å². The van der Waals surface area contributed by atoms with E-state index < -0.39 is 29.7 Å². The fraction of sp³-hybridized carbons (Fsp3) is 0.353. The Balaban J connectivity index is 1.87. The molecule has 0 spiro atoms. The van der Waals surface area contributed by atoms with Gasteiger partial charge in [0, 0.05) is 6.54 Å². The van der Waals surface area contributed by atoms with Crippen molar-refractivity contribution >= 4 is 11.9 Å². The van der Waals surface area contributed by atoms with Gasteiger partial charge in [-0.15, -0.1) is 0 Å². The minimum Gasteiger partial charge on any atom is -0.479 e. The number of morpholine rings is 1. The quantitative estimate of drug-likeness (QED) is 0.878. The molecule has 1 aliphatic rings. The summed E-state index contributed by atoms with van der Waals surface area (Å²) in [5.74, 6) is -1.61.